The van der Waals surface area contributed by atoms with Gasteiger partial charge in [0.15, 0.2) is 0 Å². The second-order valence-corrected chi connectivity index (χ2v) is 7.32. The number of hydrogen-bond donors (Lipinski definition) is 1. The number of rotatable bonds is 7. The third-order valence-corrected chi connectivity index (χ3v) is 5.15. The van der Waals surface area contributed by atoms with E-state index in [-0.39, 0.29) is 5.91 Å². The smallest absolute Gasteiger partial charge is 0.255 e. The first-order chi connectivity index (χ1) is 16.0. The van der Waals surface area contributed by atoms with Crippen molar-refractivity contribution >= 4 is 5.91 Å². The standard InChI is InChI=1S/C24H24N6O3/c1-15-6-5-7-17(28-15)13-26-23(31)20-14-27-30(16(20)2)24-25-11-10-21(29-24)19-12-18(32-3)8-9-22(19)33-4/h5-12,14H,13H2,1-4H3,(H,26,31). The zero-order valence-electron chi connectivity index (χ0n) is 18.9. The van der Waals surface area contributed by atoms with Gasteiger partial charge >= 0.3 is 0 Å². The third kappa shape index (κ3) is 4.67. The van der Waals surface area contributed by atoms with E-state index >= 15 is 0 Å². The molecule has 0 saturated heterocycles. The Morgan fingerprint density at radius 1 is 1.06 bits per heavy atom. The third-order valence-electron chi connectivity index (χ3n) is 5.15. The summed E-state index contributed by atoms with van der Waals surface area (Å²) in [6.45, 7) is 4.04. The molecule has 0 fully saturated rings. The molecule has 4 aromatic rings. The zero-order chi connectivity index (χ0) is 23.4. The first kappa shape index (κ1) is 21.9. The summed E-state index contributed by atoms with van der Waals surface area (Å²) in [5, 5.41) is 7.23. The molecular formula is C24H24N6O3. The molecule has 0 unspecified atom stereocenters. The molecule has 4 rings (SSSR count). The van der Waals surface area contributed by atoms with Crippen molar-refractivity contribution in [2.45, 2.75) is 20.4 Å². The Kier molecular flexibility index (Phi) is 6.30. The van der Waals surface area contributed by atoms with E-state index in [9.17, 15) is 4.79 Å². The van der Waals surface area contributed by atoms with Crippen molar-refractivity contribution in [1.82, 2.24) is 30.0 Å². The van der Waals surface area contributed by atoms with Gasteiger partial charge in [-0.05, 0) is 50.2 Å². The summed E-state index contributed by atoms with van der Waals surface area (Å²) in [5.41, 5.74) is 4.15. The van der Waals surface area contributed by atoms with Gasteiger partial charge in [-0.2, -0.15) is 5.10 Å². The summed E-state index contributed by atoms with van der Waals surface area (Å²) in [5.74, 6) is 1.44. The van der Waals surface area contributed by atoms with Crippen molar-refractivity contribution in [3.8, 4) is 28.7 Å². The predicted molar refractivity (Wildman–Crippen MR) is 123 cm³/mol. The van der Waals surface area contributed by atoms with Gasteiger partial charge in [-0.15, -0.1) is 0 Å². The molecule has 0 atom stereocenters. The van der Waals surface area contributed by atoms with E-state index in [0.29, 0.717) is 40.9 Å². The molecule has 0 radical (unpaired) electrons. The molecule has 0 aliphatic rings. The van der Waals surface area contributed by atoms with Gasteiger partial charge in [0.05, 0.1) is 49.6 Å². The lowest BCUT2D eigenvalue weighted by molar-refractivity contribution is 0.0949. The molecule has 1 N–H and O–H groups in total. The second kappa shape index (κ2) is 9.47. The monoisotopic (exact) mass is 444 g/mol. The van der Waals surface area contributed by atoms with E-state index in [0.717, 1.165) is 17.0 Å². The van der Waals surface area contributed by atoms with Crippen LogP contribution < -0.4 is 14.8 Å². The Balaban J connectivity index is 1.59. The van der Waals surface area contributed by atoms with Gasteiger partial charge in [-0.25, -0.2) is 14.6 Å². The summed E-state index contributed by atoms with van der Waals surface area (Å²) < 4.78 is 12.4. The van der Waals surface area contributed by atoms with Crippen LogP contribution in [0.1, 0.15) is 27.4 Å². The minimum Gasteiger partial charge on any atom is -0.497 e. The van der Waals surface area contributed by atoms with Crippen LogP contribution in [0.4, 0.5) is 0 Å². The molecule has 0 aliphatic carbocycles. The maximum atomic E-state index is 12.7. The van der Waals surface area contributed by atoms with Crippen LogP contribution in [0.3, 0.4) is 0 Å². The van der Waals surface area contributed by atoms with Crippen molar-refractivity contribution in [2.75, 3.05) is 14.2 Å². The highest BCUT2D eigenvalue weighted by Crippen LogP contribution is 2.32. The molecule has 0 aliphatic heterocycles. The first-order valence-corrected chi connectivity index (χ1v) is 10.3. The van der Waals surface area contributed by atoms with Crippen molar-refractivity contribution in [3.05, 3.63) is 77.5 Å². The summed E-state index contributed by atoms with van der Waals surface area (Å²) >= 11 is 0. The number of aryl methyl sites for hydroxylation is 1. The minimum atomic E-state index is -0.243. The number of methoxy groups -OCH3 is 2. The highest BCUT2D eigenvalue weighted by atomic mass is 16.5. The van der Waals surface area contributed by atoms with Crippen LogP contribution >= 0.6 is 0 Å². The molecule has 3 aromatic heterocycles. The van der Waals surface area contributed by atoms with Crippen molar-refractivity contribution in [3.63, 3.8) is 0 Å². The average molecular weight is 444 g/mol. The van der Waals surface area contributed by atoms with Crippen molar-refractivity contribution in [2.24, 2.45) is 0 Å². The Morgan fingerprint density at radius 2 is 1.91 bits per heavy atom. The lowest BCUT2D eigenvalue weighted by Gasteiger charge is -2.11. The van der Waals surface area contributed by atoms with Crippen LogP contribution in [0.2, 0.25) is 0 Å². The Hall–Kier alpha value is -4.27. The molecule has 0 spiro atoms. The largest absolute Gasteiger partial charge is 0.497 e. The molecule has 168 valence electrons. The fourth-order valence-electron chi connectivity index (χ4n) is 3.41. The number of nitrogens with zero attached hydrogens (tertiary/aromatic N) is 5. The highest BCUT2D eigenvalue weighted by molar-refractivity contribution is 5.95. The SMILES string of the molecule is COc1ccc(OC)c(-c2ccnc(-n3ncc(C(=O)NCc4cccc(C)n4)c3C)n2)c1. The van der Waals surface area contributed by atoms with Gasteiger partial charge in [-0.1, -0.05) is 6.07 Å². The molecule has 0 saturated carbocycles. The van der Waals surface area contributed by atoms with Gasteiger partial charge in [0.1, 0.15) is 11.5 Å². The van der Waals surface area contributed by atoms with Gasteiger partial charge in [-0.3, -0.25) is 9.78 Å². The molecule has 9 heteroatoms. The fraction of sp³-hybridized carbons (Fsp3) is 0.208. The Labute approximate surface area is 191 Å². The van der Waals surface area contributed by atoms with E-state index in [1.165, 1.54) is 10.9 Å². The number of amides is 1. The number of carbonyl (C=O) groups excluding carboxylic acids is 1. The minimum absolute atomic E-state index is 0.243. The van der Waals surface area contributed by atoms with E-state index in [2.05, 4.69) is 25.4 Å². The van der Waals surface area contributed by atoms with Crippen LogP contribution in [0.15, 0.2) is 54.9 Å². The number of aromatic nitrogens is 5. The number of hydrogen-bond acceptors (Lipinski definition) is 7. The number of benzene rings is 1. The average Bonchev–Trinajstić information content (AvgIpc) is 3.23. The molecule has 9 nitrogen and oxygen atoms in total. The molecule has 33 heavy (non-hydrogen) atoms. The summed E-state index contributed by atoms with van der Waals surface area (Å²) in [4.78, 5) is 26.1. The van der Waals surface area contributed by atoms with Gasteiger partial charge in [0.2, 0.25) is 0 Å². The van der Waals surface area contributed by atoms with Gasteiger partial charge in [0.25, 0.3) is 11.9 Å². The quantitative estimate of drug-likeness (QED) is 0.466. The van der Waals surface area contributed by atoms with Crippen molar-refractivity contribution < 1.29 is 14.3 Å². The topological polar surface area (TPSA) is 104 Å². The van der Waals surface area contributed by atoms with E-state index < -0.39 is 0 Å². The predicted octanol–water partition coefficient (Wildman–Crippen LogP) is 3.29. The molecule has 0 bridgehead atoms. The van der Waals surface area contributed by atoms with Gasteiger partial charge < -0.3 is 14.8 Å². The maximum Gasteiger partial charge on any atom is 0.255 e. The van der Waals surface area contributed by atoms with E-state index in [4.69, 9.17) is 9.47 Å². The number of ether oxygens (including phenoxy) is 2. The number of nitrogens with one attached hydrogen (secondary N) is 1. The summed E-state index contributed by atoms with van der Waals surface area (Å²) in [6.07, 6.45) is 3.15. The lowest BCUT2D eigenvalue weighted by Crippen LogP contribution is -2.24. The van der Waals surface area contributed by atoms with Crippen LogP contribution in [0, 0.1) is 13.8 Å². The molecule has 1 aromatic carbocycles. The van der Waals surface area contributed by atoms with Crippen LogP contribution in [-0.4, -0.2) is 44.9 Å². The van der Waals surface area contributed by atoms with Crippen LogP contribution in [0.5, 0.6) is 11.5 Å². The molecular weight excluding hydrogens is 420 g/mol. The first-order valence-electron chi connectivity index (χ1n) is 10.3. The lowest BCUT2D eigenvalue weighted by atomic mass is 10.1. The molecule has 3 heterocycles. The zero-order valence-corrected chi connectivity index (χ0v) is 18.9. The normalized spacial score (nSPS) is 10.7. The summed E-state index contributed by atoms with van der Waals surface area (Å²) in [6, 6.07) is 13.0. The van der Waals surface area contributed by atoms with E-state index in [1.54, 1.807) is 33.4 Å². The number of pyridine rings is 1. The maximum absolute atomic E-state index is 12.7. The van der Waals surface area contributed by atoms with Crippen LogP contribution in [0.25, 0.3) is 17.2 Å². The fourth-order valence-corrected chi connectivity index (χ4v) is 3.41. The van der Waals surface area contributed by atoms with Gasteiger partial charge in [0, 0.05) is 17.5 Å². The highest BCUT2D eigenvalue weighted by Gasteiger charge is 2.18. The number of carbonyl (C=O) groups is 1. The summed E-state index contributed by atoms with van der Waals surface area (Å²) in [7, 11) is 3.20. The second-order valence-electron chi connectivity index (χ2n) is 7.32. The molecule has 1 amide bonds. The van der Waals surface area contributed by atoms with Crippen molar-refractivity contribution in [1.29, 1.82) is 0 Å². The Morgan fingerprint density at radius 3 is 2.67 bits per heavy atom. The van der Waals surface area contributed by atoms with Crippen LogP contribution in [-0.2, 0) is 6.54 Å². The Bertz CT molecular complexity index is 1300. The van der Waals surface area contributed by atoms with E-state index in [1.807, 2.05) is 43.3 Å².